The summed E-state index contributed by atoms with van der Waals surface area (Å²) in [5, 5.41) is 9.08. The van der Waals surface area contributed by atoms with Gasteiger partial charge in [0.05, 0.1) is 25.9 Å². The molecule has 2 aromatic carbocycles. The molecule has 0 aliphatic heterocycles. The van der Waals surface area contributed by atoms with Gasteiger partial charge < -0.3 is 14.6 Å². The van der Waals surface area contributed by atoms with Gasteiger partial charge in [-0.3, -0.25) is 0 Å². The van der Waals surface area contributed by atoms with E-state index in [-0.39, 0.29) is 12.2 Å². The van der Waals surface area contributed by atoms with E-state index in [0.717, 1.165) is 11.3 Å². The van der Waals surface area contributed by atoms with Gasteiger partial charge in [-0.15, -0.1) is 0 Å². The molecule has 0 aliphatic rings. The normalized spacial score (nSPS) is 10.2. The first-order chi connectivity index (χ1) is 9.70. The summed E-state index contributed by atoms with van der Waals surface area (Å²) >= 11 is 0. The molecular weight excluding hydrogens is 256 g/mol. The maximum absolute atomic E-state index is 11.1. The van der Waals surface area contributed by atoms with Gasteiger partial charge in [-0.25, -0.2) is 4.79 Å². The second-order valence-corrected chi connectivity index (χ2v) is 4.31. The Balaban J connectivity index is 1.97. The molecule has 0 fully saturated rings. The minimum absolute atomic E-state index is 0.264. The number of carboxylic acids is 1. The highest BCUT2D eigenvalue weighted by molar-refractivity contribution is 5.89. The Bertz CT molecular complexity index is 593. The molecule has 0 aromatic heterocycles. The van der Waals surface area contributed by atoms with Crippen LogP contribution in [-0.4, -0.2) is 18.2 Å². The Morgan fingerprint density at radius 3 is 2.65 bits per heavy atom. The van der Waals surface area contributed by atoms with Crippen LogP contribution >= 0.6 is 0 Å². The van der Waals surface area contributed by atoms with Crippen molar-refractivity contribution in [1.82, 2.24) is 0 Å². The Kier molecular flexibility index (Phi) is 4.74. The average Bonchev–Trinajstić information content (AvgIpc) is 2.48. The largest absolute Gasteiger partial charge is 0.497 e. The van der Waals surface area contributed by atoms with E-state index in [2.05, 4.69) is 0 Å². The summed E-state index contributed by atoms with van der Waals surface area (Å²) in [4.78, 5) is 11.1. The van der Waals surface area contributed by atoms with Gasteiger partial charge in [0.1, 0.15) is 5.75 Å². The third-order valence-electron chi connectivity index (χ3n) is 2.91. The summed E-state index contributed by atoms with van der Waals surface area (Å²) in [6.07, 6.45) is 0. The van der Waals surface area contributed by atoms with Gasteiger partial charge in [0, 0.05) is 0 Å². The van der Waals surface area contributed by atoms with Crippen molar-refractivity contribution in [3.63, 3.8) is 0 Å². The lowest BCUT2D eigenvalue weighted by molar-refractivity contribution is 0.0684. The second kappa shape index (κ2) is 6.73. The molecule has 0 radical (unpaired) electrons. The fourth-order valence-electron chi connectivity index (χ4n) is 1.90. The Morgan fingerprint density at radius 2 is 1.90 bits per heavy atom. The van der Waals surface area contributed by atoms with E-state index in [1.807, 2.05) is 24.3 Å². The number of hydrogen-bond acceptors (Lipinski definition) is 3. The topological polar surface area (TPSA) is 55.8 Å². The first kappa shape index (κ1) is 14.1. The van der Waals surface area contributed by atoms with Crippen molar-refractivity contribution in [2.45, 2.75) is 13.2 Å². The molecule has 0 heterocycles. The van der Waals surface area contributed by atoms with E-state index in [4.69, 9.17) is 14.6 Å². The molecular formula is C16H16O4. The Labute approximate surface area is 117 Å². The molecule has 104 valence electrons. The van der Waals surface area contributed by atoms with Crippen LogP contribution in [0.5, 0.6) is 5.75 Å². The van der Waals surface area contributed by atoms with Gasteiger partial charge >= 0.3 is 5.97 Å². The monoisotopic (exact) mass is 272 g/mol. The molecule has 0 amide bonds. The molecule has 0 saturated heterocycles. The number of rotatable bonds is 6. The van der Waals surface area contributed by atoms with Crippen molar-refractivity contribution in [2.24, 2.45) is 0 Å². The predicted octanol–water partition coefficient (Wildman–Crippen LogP) is 3.11. The molecule has 4 nitrogen and oxygen atoms in total. The van der Waals surface area contributed by atoms with Crippen molar-refractivity contribution in [2.75, 3.05) is 7.11 Å². The van der Waals surface area contributed by atoms with Gasteiger partial charge in [0.2, 0.25) is 0 Å². The van der Waals surface area contributed by atoms with Crippen LogP contribution in [0.3, 0.4) is 0 Å². The van der Waals surface area contributed by atoms with Crippen molar-refractivity contribution in [3.8, 4) is 5.75 Å². The van der Waals surface area contributed by atoms with E-state index in [1.54, 1.807) is 31.4 Å². The molecule has 2 aromatic rings. The summed E-state index contributed by atoms with van der Waals surface area (Å²) in [6, 6.07) is 14.4. The molecule has 0 unspecified atom stereocenters. The van der Waals surface area contributed by atoms with Crippen molar-refractivity contribution < 1.29 is 19.4 Å². The number of methoxy groups -OCH3 is 1. The maximum Gasteiger partial charge on any atom is 0.336 e. The summed E-state index contributed by atoms with van der Waals surface area (Å²) in [7, 11) is 1.61. The summed E-state index contributed by atoms with van der Waals surface area (Å²) in [5.41, 5.74) is 1.93. The number of carboxylic acid groups (broad SMARTS) is 1. The SMILES string of the molecule is COc1cccc(COCc2ccccc2C(=O)O)c1. The van der Waals surface area contributed by atoms with Crippen LogP contribution in [0.15, 0.2) is 48.5 Å². The highest BCUT2D eigenvalue weighted by Gasteiger charge is 2.08. The minimum Gasteiger partial charge on any atom is -0.497 e. The fraction of sp³-hybridized carbons (Fsp3) is 0.188. The number of aromatic carboxylic acids is 1. The second-order valence-electron chi connectivity index (χ2n) is 4.31. The van der Waals surface area contributed by atoms with Crippen LogP contribution in [0, 0.1) is 0 Å². The quantitative estimate of drug-likeness (QED) is 0.877. The Hall–Kier alpha value is -2.33. The third kappa shape index (κ3) is 3.59. The van der Waals surface area contributed by atoms with Crippen molar-refractivity contribution >= 4 is 5.97 Å². The standard InChI is InChI=1S/C16H16O4/c1-19-14-7-4-5-12(9-14)10-20-11-13-6-2-3-8-15(13)16(17)18/h2-9H,10-11H2,1H3,(H,17,18). The molecule has 20 heavy (non-hydrogen) atoms. The zero-order valence-electron chi connectivity index (χ0n) is 11.2. The summed E-state index contributed by atoms with van der Waals surface area (Å²) < 4.78 is 10.7. The highest BCUT2D eigenvalue weighted by Crippen LogP contribution is 2.15. The average molecular weight is 272 g/mol. The van der Waals surface area contributed by atoms with Crippen LogP contribution in [0.4, 0.5) is 0 Å². The predicted molar refractivity (Wildman–Crippen MR) is 74.9 cm³/mol. The van der Waals surface area contributed by atoms with Gasteiger partial charge in [-0.1, -0.05) is 30.3 Å². The van der Waals surface area contributed by atoms with E-state index in [1.165, 1.54) is 0 Å². The fourth-order valence-corrected chi connectivity index (χ4v) is 1.90. The molecule has 0 bridgehead atoms. The van der Waals surface area contributed by atoms with E-state index in [9.17, 15) is 4.79 Å². The van der Waals surface area contributed by atoms with Crippen LogP contribution in [-0.2, 0) is 18.0 Å². The molecule has 4 heteroatoms. The van der Waals surface area contributed by atoms with Gasteiger partial charge in [-0.2, -0.15) is 0 Å². The lowest BCUT2D eigenvalue weighted by Gasteiger charge is -2.08. The molecule has 1 N–H and O–H groups in total. The number of carbonyl (C=O) groups is 1. The van der Waals surface area contributed by atoms with Gasteiger partial charge in [0.15, 0.2) is 0 Å². The summed E-state index contributed by atoms with van der Waals surface area (Å²) in [5.74, 6) is -0.164. The van der Waals surface area contributed by atoms with Crippen LogP contribution < -0.4 is 4.74 Å². The number of ether oxygens (including phenoxy) is 2. The van der Waals surface area contributed by atoms with Crippen molar-refractivity contribution in [1.29, 1.82) is 0 Å². The zero-order valence-corrected chi connectivity index (χ0v) is 11.2. The lowest BCUT2D eigenvalue weighted by atomic mass is 10.1. The Morgan fingerprint density at radius 1 is 1.10 bits per heavy atom. The minimum atomic E-state index is -0.939. The first-order valence-corrected chi connectivity index (χ1v) is 6.22. The van der Waals surface area contributed by atoms with Gasteiger partial charge in [0.25, 0.3) is 0 Å². The van der Waals surface area contributed by atoms with Crippen LogP contribution in [0.1, 0.15) is 21.5 Å². The van der Waals surface area contributed by atoms with Crippen LogP contribution in [0.25, 0.3) is 0 Å². The summed E-state index contributed by atoms with van der Waals surface area (Å²) in [6.45, 7) is 0.671. The molecule has 0 saturated carbocycles. The van der Waals surface area contributed by atoms with E-state index >= 15 is 0 Å². The number of benzene rings is 2. The lowest BCUT2D eigenvalue weighted by Crippen LogP contribution is -2.04. The first-order valence-electron chi connectivity index (χ1n) is 6.22. The smallest absolute Gasteiger partial charge is 0.336 e. The maximum atomic E-state index is 11.1. The van der Waals surface area contributed by atoms with E-state index < -0.39 is 5.97 Å². The van der Waals surface area contributed by atoms with Crippen LogP contribution in [0.2, 0.25) is 0 Å². The highest BCUT2D eigenvalue weighted by atomic mass is 16.5. The molecule has 0 spiro atoms. The molecule has 2 rings (SSSR count). The molecule has 0 atom stereocenters. The number of hydrogen-bond donors (Lipinski definition) is 1. The zero-order chi connectivity index (χ0) is 14.4. The van der Waals surface area contributed by atoms with E-state index in [0.29, 0.717) is 12.2 Å². The van der Waals surface area contributed by atoms with Gasteiger partial charge in [-0.05, 0) is 29.3 Å². The van der Waals surface area contributed by atoms with Crippen molar-refractivity contribution in [3.05, 3.63) is 65.2 Å². The molecule has 0 aliphatic carbocycles. The third-order valence-corrected chi connectivity index (χ3v) is 2.91.